The predicted octanol–water partition coefficient (Wildman–Crippen LogP) is 1.15. The summed E-state index contributed by atoms with van der Waals surface area (Å²) in [6.45, 7) is 4.54. The molecule has 3 aliphatic rings. The summed E-state index contributed by atoms with van der Waals surface area (Å²) in [6.07, 6.45) is -2.13. The highest BCUT2D eigenvalue weighted by atomic mass is 16.8. The van der Waals surface area contributed by atoms with Gasteiger partial charge in [-0.25, -0.2) is 0 Å². The Labute approximate surface area is 185 Å². The quantitative estimate of drug-likeness (QED) is 0.419. The van der Waals surface area contributed by atoms with Crippen LogP contribution in [0.4, 0.5) is 0 Å². The SMILES string of the molecule is CC(=O)OCC(OC(C)=O)C1OC(OC(C)=O)C(OC(C)=O)C2OC3(CCCCC3)OC12. The summed E-state index contributed by atoms with van der Waals surface area (Å²) >= 11 is 0. The summed E-state index contributed by atoms with van der Waals surface area (Å²) < 4.78 is 39.7. The Morgan fingerprint density at radius 1 is 0.844 bits per heavy atom. The van der Waals surface area contributed by atoms with Crippen LogP contribution in [0.5, 0.6) is 0 Å². The van der Waals surface area contributed by atoms with Crippen molar-refractivity contribution in [3.05, 3.63) is 0 Å². The molecule has 1 aliphatic carbocycles. The number of carbonyl (C=O) groups is 4. The van der Waals surface area contributed by atoms with Crippen LogP contribution >= 0.6 is 0 Å². The number of hydrogen-bond acceptors (Lipinski definition) is 11. The second-order valence-electron chi connectivity index (χ2n) is 8.24. The van der Waals surface area contributed by atoms with Gasteiger partial charge in [-0.1, -0.05) is 6.42 Å². The number of carbonyl (C=O) groups excluding carboxylic acids is 4. The lowest BCUT2D eigenvalue weighted by molar-refractivity contribution is -0.289. The molecular weight excluding hydrogens is 428 g/mol. The van der Waals surface area contributed by atoms with Crippen LogP contribution in [-0.4, -0.2) is 73.1 Å². The molecule has 32 heavy (non-hydrogen) atoms. The van der Waals surface area contributed by atoms with Gasteiger partial charge in [-0.05, 0) is 12.8 Å². The highest BCUT2D eigenvalue weighted by Crippen LogP contribution is 2.46. The van der Waals surface area contributed by atoms with Gasteiger partial charge >= 0.3 is 23.9 Å². The fourth-order valence-corrected chi connectivity index (χ4v) is 4.44. The topological polar surface area (TPSA) is 133 Å². The van der Waals surface area contributed by atoms with Crippen molar-refractivity contribution in [3.63, 3.8) is 0 Å². The van der Waals surface area contributed by atoms with E-state index in [1.807, 2.05) is 0 Å². The molecule has 1 saturated carbocycles. The maximum Gasteiger partial charge on any atom is 0.305 e. The zero-order valence-corrected chi connectivity index (χ0v) is 18.7. The summed E-state index contributed by atoms with van der Waals surface area (Å²) in [4.78, 5) is 46.7. The summed E-state index contributed by atoms with van der Waals surface area (Å²) in [5, 5.41) is 0. The van der Waals surface area contributed by atoms with E-state index >= 15 is 0 Å². The molecule has 2 saturated heterocycles. The molecule has 11 heteroatoms. The lowest BCUT2D eigenvalue weighted by Gasteiger charge is -2.42. The van der Waals surface area contributed by atoms with Crippen LogP contribution in [-0.2, 0) is 52.3 Å². The van der Waals surface area contributed by atoms with Crippen LogP contribution in [0.15, 0.2) is 0 Å². The molecule has 0 amide bonds. The van der Waals surface area contributed by atoms with Gasteiger partial charge in [0.2, 0.25) is 6.29 Å². The molecule has 0 aromatic carbocycles. The van der Waals surface area contributed by atoms with Gasteiger partial charge in [0.1, 0.15) is 24.9 Å². The number of hydrogen-bond donors (Lipinski definition) is 0. The molecule has 3 fully saturated rings. The fourth-order valence-electron chi connectivity index (χ4n) is 4.44. The van der Waals surface area contributed by atoms with Gasteiger partial charge in [-0.15, -0.1) is 0 Å². The van der Waals surface area contributed by atoms with Crippen LogP contribution < -0.4 is 0 Å². The lowest BCUT2D eigenvalue weighted by atomic mass is 9.94. The van der Waals surface area contributed by atoms with Crippen molar-refractivity contribution in [2.75, 3.05) is 6.61 Å². The van der Waals surface area contributed by atoms with Crippen molar-refractivity contribution in [2.24, 2.45) is 0 Å². The fraction of sp³-hybridized carbons (Fsp3) is 0.810. The summed E-state index contributed by atoms with van der Waals surface area (Å²) in [6, 6.07) is 0. The minimum Gasteiger partial charge on any atom is -0.462 e. The molecule has 0 aromatic rings. The zero-order chi connectivity index (χ0) is 23.5. The number of esters is 4. The summed E-state index contributed by atoms with van der Waals surface area (Å²) in [7, 11) is 0. The molecule has 6 unspecified atom stereocenters. The Balaban J connectivity index is 1.95. The van der Waals surface area contributed by atoms with E-state index in [4.69, 9.17) is 33.2 Å². The molecule has 0 radical (unpaired) electrons. The van der Waals surface area contributed by atoms with Crippen molar-refractivity contribution in [3.8, 4) is 0 Å². The third-order valence-electron chi connectivity index (χ3n) is 5.57. The molecule has 2 heterocycles. The molecule has 0 bridgehead atoms. The number of rotatable bonds is 6. The number of ether oxygens (including phenoxy) is 7. The van der Waals surface area contributed by atoms with E-state index < -0.39 is 66.5 Å². The largest absolute Gasteiger partial charge is 0.462 e. The molecule has 180 valence electrons. The minimum atomic E-state index is -1.33. The second kappa shape index (κ2) is 10.1. The third kappa shape index (κ3) is 5.76. The maximum atomic E-state index is 11.8. The van der Waals surface area contributed by atoms with E-state index in [-0.39, 0.29) is 6.61 Å². The van der Waals surface area contributed by atoms with Gasteiger partial charge in [0, 0.05) is 40.5 Å². The first-order chi connectivity index (χ1) is 15.1. The van der Waals surface area contributed by atoms with Crippen LogP contribution in [0.3, 0.4) is 0 Å². The van der Waals surface area contributed by atoms with E-state index in [0.717, 1.165) is 19.3 Å². The molecule has 11 nitrogen and oxygen atoms in total. The van der Waals surface area contributed by atoms with Crippen molar-refractivity contribution in [1.29, 1.82) is 0 Å². The van der Waals surface area contributed by atoms with Crippen LogP contribution in [0.2, 0.25) is 0 Å². The standard InChI is InChI=1S/C21H30O11/c1-11(22)26-10-15(27-12(2)23)16-17-18(32-21(31-17)8-6-5-7-9-21)19(28-13(3)24)20(30-16)29-14(4)25/h15-20H,5-10H2,1-4H3. The molecular formula is C21H30O11. The molecule has 1 spiro atoms. The smallest absolute Gasteiger partial charge is 0.305 e. The van der Waals surface area contributed by atoms with E-state index in [1.54, 1.807) is 0 Å². The van der Waals surface area contributed by atoms with Gasteiger partial charge in [0.25, 0.3) is 0 Å². The van der Waals surface area contributed by atoms with Crippen LogP contribution in [0, 0.1) is 0 Å². The molecule has 2 aliphatic heterocycles. The van der Waals surface area contributed by atoms with Crippen molar-refractivity contribution >= 4 is 23.9 Å². The van der Waals surface area contributed by atoms with Crippen molar-refractivity contribution in [2.45, 2.75) is 102 Å². The van der Waals surface area contributed by atoms with Gasteiger partial charge in [0.15, 0.2) is 18.0 Å². The first kappa shape index (κ1) is 24.4. The Morgan fingerprint density at radius 3 is 2.03 bits per heavy atom. The van der Waals surface area contributed by atoms with Crippen molar-refractivity contribution in [1.82, 2.24) is 0 Å². The second-order valence-corrected chi connectivity index (χ2v) is 8.24. The Kier molecular flexibility index (Phi) is 7.73. The van der Waals surface area contributed by atoms with Gasteiger partial charge in [-0.2, -0.15) is 0 Å². The average molecular weight is 458 g/mol. The highest BCUT2D eigenvalue weighted by molar-refractivity contribution is 5.68. The first-order valence-corrected chi connectivity index (χ1v) is 10.8. The first-order valence-electron chi connectivity index (χ1n) is 10.8. The zero-order valence-electron chi connectivity index (χ0n) is 18.7. The maximum absolute atomic E-state index is 11.8. The van der Waals surface area contributed by atoms with Gasteiger partial charge in [-0.3, -0.25) is 19.2 Å². The molecule has 3 rings (SSSR count). The lowest BCUT2D eigenvalue weighted by Crippen LogP contribution is -2.62. The molecule has 0 aromatic heterocycles. The summed E-state index contributed by atoms with van der Waals surface area (Å²) in [5.74, 6) is -3.39. The van der Waals surface area contributed by atoms with Crippen LogP contribution in [0.1, 0.15) is 59.8 Å². The predicted molar refractivity (Wildman–Crippen MR) is 104 cm³/mol. The van der Waals surface area contributed by atoms with E-state index in [1.165, 1.54) is 27.7 Å². The Bertz CT molecular complexity index is 715. The van der Waals surface area contributed by atoms with Crippen LogP contribution in [0.25, 0.3) is 0 Å². The monoisotopic (exact) mass is 458 g/mol. The normalized spacial score (nSPS) is 31.8. The Hall–Kier alpha value is -2.24. The molecule has 0 N–H and O–H groups in total. The number of fused-ring (bicyclic) bond motifs is 1. The van der Waals surface area contributed by atoms with Crippen molar-refractivity contribution < 1.29 is 52.3 Å². The average Bonchev–Trinajstić information content (AvgIpc) is 3.05. The Morgan fingerprint density at radius 2 is 1.47 bits per heavy atom. The van der Waals surface area contributed by atoms with Gasteiger partial charge < -0.3 is 33.2 Å². The highest BCUT2D eigenvalue weighted by Gasteiger charge is 2.62. The van der Waals surface area contributed by atoms with E-state index in [0.29, 0.717) is 12.8 Å². The van der Waals surface area contributed by atoms with E-state index in [2.05, 4.69) is 0 Å². The minimum absolute atomic E-state index is 0.301. The van der Waals surface area contributed by atoms with E-state index in [9.17, 15) is 19.2 Å². The summed E-state index contributed by atoms with van der Waals surface area (Å²) in [5.41, 5.74) is 0. The molecule has 6 atom stereocenters. The third-order valence-corrected chi connectivity index (χ3v) is 5.57. The van der Waals surface area contributed by atoms with Gasteiger partial charge in [0.05, 0.1) is 0 Å².